The molecule has 0 aromatic heterocycles. The Morgan fingerprint density at radius 1 is 1.15 bits per heavy atom. The zero-order valence-corrected chi connectivity index (χ0v) is 7.50. The van der Waals surface area contributed by atoms with Crippen LogP contribution in [0.4, 0.5) is 0 Å². The lowest BCUT2D eigenvalue weighted by molar-refractivity contribution is -0.137. The average molecular weight is 187 g/mol. The molecule has 2 amide bonds. The zero-order chi connectivity index (χ0) is 10.3. The Morgan fingerprint density at radius 2 is 1.69 bits per heavy atom. The number of hydrogen-bond donors (Lipinski definition) is 2. The lowest BCUT2D eigenvalue weighted by Crippen LogP contribution is -2.27. The van der Waals surface area contributed by atoms with Gasteiger partial charge in [-0.2, -0.15) is 0 Å². The third-order valence-corrected chi connectivity index (χ3v) is 1.36. The fourth-order valence-corrected chi connectivity index (χ4v) is 0.821. The molecule has 0 atom stereocenters. The van der Waals surface area contributed by atoms with Gasteiger partial charge in [-0.05, 0) is 12.8 Å². The number of carboxylic acids is 1. The van der Waals surface area contributed by atoms with Crippen LogP contribution in [0.5, 0.6) is 0 Å². The van der Waals surface area contributed by atoms with Crippen LogP contribution in [-0.2, 0) is 14.4 Å². The fourth-order valence-electron chi connectivity index (χ4n) is 0.821. The van der Waals surface area contributed by atoms with Crippen molar-refractivity contribution in [1.29, 1.82) is 0 Å². The fraction of sp³-hybridized carbons (Fsp3) is 0.625. The molecule has 5 heteroatoms. The molecular weight excluding hydrogens is 174 g/mol. The molecule has 2 N–H and O–H groups in total. The molecule has 0 aliphatic heterocycles. The number of rotatable bonds is 5. The molecule has 0 fully saturated rings. The molecule has 0 unspecified atom stereocenters. The van der Waals surface area contributed by atoms with Crippen LogP contribution in [0.1, 0.15) is 32.6 Å². The largest absolute Gasteiger partial charge is 0.481 e. The molecule has 0 bridgehead atoms. The predicted molar refractivity (Wildman–Crippen MR) is 44.9 cm³/mol. The highest BCUT2D eigenvalue weighted by Gasteiger charge is 2.03. The number of imide groups is 1. The van der Waals surface area contributed by atoms with Crippen molar-refractivity contribution in [1.82, 2.24) is 5.32 Å². The van der Waals surface area contributed by atoms with Crippen LogP contribution < -0.4 is 5.32 Å². The van der Waals surface area contributed by atoms with Gasteiger partial charge in [-0.1, -0.05) is 0 Å². The van der Waals surface area contributed by atoms with Crippen LogP contribution in [0.25, 0.3) is 0 Å². The topological polar surface area (TPSA) is 83.5 Å². The number of aliphatic carboxylic acids is 1. The van der Waals surface area contributed by atoms with Gasteiger partial charge in [-0.25, -0.2) is 0 Å². The van der Waals surface area contributed by atoms with Crippen molar-refractivity contribution in [3.63, 3.8) is 0 Å². The van der Waals surface area contributed by atoms with E-state index in [2.05, 4.69) is 5.32 Å². The van der Waals surface area contributed by atoms with E-state index < -0.39 is 5.97 Å². The first-order chi connectivity index (χ1) is 6.02. The van der Waals surface area contributed by atoms with Crippen LogP contribution in [0.15, 0.2) is 0 Å². The summed E-state index contributed by atoms with van der Waals surface area (Å²) in [5.74, 6) is -1.60. The first-order valence-electron chi connectivity index (χ1n) is 4.04. The van der Waals surface area contributed by atoms with Gasteiger partial charge in [0.2, 0.25) is 11.8 Å². The predicted octanol–water partition coefficient (Wildman–Crippen LogP) is 0.294. The summed E-state index contributed by atoms with van der Waals surface area (Å²) in [6.45, 7) is 1.26. The maximum Gasteiger partial charge on any atom is 0.303 e. The molecule has 74 valence electrons. The maximum absolute atomic E-state index is 10.8. The van der Waals surface area contributed by atoms with Gasteiger partial charge in [-0.3, -0.25) is 19.7 Å². The minimum absolute atomic E-state index is 0.0628. The summed E-state index contributed by atoms with van der Waals surface area (Å²) < 4.78 is 0. The van der Waals surface area contributed by atoms with Crippen molar-refractivity contribution in [2.75, 3.05) is 0 Å². The van der Waals surface area contributed by atoms with Gasteiger partial charge in [0.25, 0.3) is 0 Å². The van der Waals surface area contributed by atoms with Crippen molar-refractivity contribution in [3.8, 4) is 0 Å². The number of carbonyl (C=O) groups excluding carboxylic acids is 2. The summed E-state index contributed by atoms with van der Waals surface area (Å²) in [6.07, 6.45) is 1.21. The molecule has 0 aliphatic rings. The Labute approximate surface area is 76.1 Å². The Balaban J connectivity index is 3.37. The lowest BCUT2D eigenvalue weighted by atomic mass is 10.2. The van der Waals surface area contributed by atoms with E-state index in [9.17, 15) is 14.4 Å². The summed E-state index contributed by atoms with van der Waals surface area (Å²) in [5, 5.41) is 10.4. The van der Waals surface area contributed by atoms with Crippen molar-refractivity contribution in [3.05, 3.63) is 0 Å². The van der Waals surface area contributed by atoms with Gasteiger partial charge in [0.05, 0.1) is 0 Å². The molecule has 0 aromatic rings. The second-order valence-corrected chi connectivity index (χ2v) is 2.71. The highest BCUT2D eigenvalue weighted by molar-refractivity contribution is 5.93. The van der Waals surface area contributed by atoms with E-state index in [4.69, 9.17) is 5.11 Å². The second-order valence-electron chi connectivity index (χ2n) is 2.71. The van der Waals surface area contributed by atoms with Gasteiger partial charge in [-0.15, -0.1) is 0 Å². The van der Waals surface area contributed by atoms with Gasteiger partial charge in [0.15, 0.2) is 0 Å². The molecule has 5 nitrogen and oxygen atoms in total. The molecule has 0 heterocycles. The normalized spacial score (nSPS) is 9.31. The molecule has 0 rings (SSSR count). The van der Waals surface area contributed by atoms with E-state index in [0.717, 1.165) is 0 Å². The molecule has 0 aromatic carbocycles. The summed E-state index contributed by atoms with van der Waals surface area (Å²) in [7, 11) is 0. The summed E-state index contributed by atoms with van der Waals surface area (Å²) in [5.41, 5.74) is 0. The first-order valence-corrected chi connectivity index (χ1v) is 4.04. The zero-order valence-electron chi connectivity index (χ0n) is 7.50. The molecular formula is C8H13NO4. The van der Waals surface area contributed by atoms with Gasteiger partial charge in [0.1, 0.15) is 0 Å². The van der Waals surface area contributed by atoms with Crippen molar-refractivity contribution >= 4 is 17.8 Å². The number of amides is 2. The monoisotopic (exact) mass is 187 g/mol. The minimum atomic E-state index is -0.869. The summed E-state index contributed by atoms with van der Waals surface area (Å²) >= 11 is 0. The van der Waals surface area contributed by atoms with E-state index in [1.54, 1.807) is 0 Å². The molecule has 0 radical (unpaired) electrons. The standard InChI is InChI=1S/C8H13NO4/c1-6(10)9-7(11)4-2-3-5-8(12)13/h2-5H2,1H3,(H,12,13)(H,9,10,11). The van der Waals surface area contributed by atoms with E-state index >= 15 is 0 Å². The maximum atomic E-state index is 10.8. The number of unbranched alkanes of at least 4 members (excludes halogenated alkanes) is 1. The third kappa shape index (κ3) is 8.52. The smallest absolute Gasteiger partial charge is 0.303 e. The van der Waals surface area contributed by atoms with Gasteiger partial charge in [0, 0.05) is 19.8 Å². The molecule has 13 heavy (non-hydrogen) atoms. The molecule has 0 spiro atoms. The van der Waals surface area contributed by atoms with E-state index in [-0.39, 0.29) is 24.7 Å². The average Bonchev–Trinajstić information content (AvgIpc) is 1.96. The second kappa shape index (κ2) is 6.16. The lowest BCUT2D eigenvalue weighted by Gasteiger charge is -1.99. The highest BCUT2D eigenvalue weighted by Crippen LogP contribution is 1.99. The van der Waals surface area contributed by atoms with Gasteiger partial charge < -0.3 is 5.11 Å². The van der Waals surface area contributed by atoms with Crippen molar-refractivity contribution in [2.45, 2.75) is 32.6 Å². The number of nitrogens with one attached hydrogen (secondary N) is 1. The molecule has 0 saturated heterocycles. The third-order valence-electron chi connectivity index (χ3n) is 1.36. The Bertz CT molecular complexity index is 212. The van der Waals surface area contributed by atoms with Crippen molar-refractivity contribution in [2.24, 2.45) is 0 Å². The van der Waals surface area contributed by atoms with E-state index in [1.807, 2.05) is 0 Å². The highest BCUT2D eigenvalue weighted by atomic mass is 16.4. The Hall–Kier alpha value is -1.39. The Kier molecular flexibility index (Phi) is 5.50. The van der Waals surface area contributed by atoms with Crippen LogP contribution in [0.2, 0.25) is 0 Å². The van der Waals surface area contributed by atoms with Crippen LogP contribution in [-0.4, -0.2) is 22.9 Å². The first kappa shape index (κ1) is 11.6. The number of carboxylic acid groups (broad SMARTS) is 1. The summed E-state index contributed by atoms with van der Waals surface area (Å²) in [4.78, 5) is 31.3. The van der Waals surface area contributed by atoms with E-state index in [0.29, 0.717) is 12.8 Å². The minimum Gasteiger partial charge on any atom is -0.481 e. The number of carbonyl (C=O) groups is 3. The van der Waals surface area contributed by atoms with Gasteiger partial charge >= 0.3 is 5.97 Å². The van der Waals surface area contributed by atoms with Crippen LogP contribution >= 0.6 is 0 Å². The quantitative estimate of drug-likeness (QED) is 0.606. The SMILES string of the molecule is CC(=O)NC(=O)CCCCC(=O)O. The number of hydrogen-bond acceptors (Lipinski definition) is 3. The van der Waals surface area contributed by atoms with Crippen LogP contribution in [0.3, 0.4) is 0 Å². The molecule has 0 aliphatic carbocycles. The Morgan fingerprint density at radius 3 is 2.15 bits per heavy atom. The van der Waals surface area contributed by atoms with Crippen LogP contribution in [0, 0.1) is 0 Å². The summed E-state index contributed by atoms with van der Waals surface area (Å²) in [6, 6.07) is 0. The van der Waals surface area contributed by atoms with E-state index in [1.165, 1.54) is 6.92 Å². The molecule has 0 saturated carbocycles. The van der Waals surface area contributed by atoms with Crippen molar-refractivity contribution < 1.29 is 19.5 Å².